The minimum Gasteiger partial charge on any atom is -0.311 e. The van der Waals surface area contributed by atoms with Gasteiger partial charge in [-0.1, -0.05) is 232 Å². The molecular formula is C70H63BN2Si. The zero-order valence-electron chi connectivity index (χ0n) is 44.3. The van der Waals surface area contributed by atoms with E-state index < -0.39 is 8.07 Å². The lowest BCUT2D eigenvalue weighted by Crippen LogP contribution is -2.73. The highest BCUT2D eigenvalue weighted by Crippen LogP contribution is 2.48. The average molecular weight is 971 g/mol. The number of benzene rings is 10. The van der Waals surface area contributed by atoms with Crippen molar-refractivity contribution in [1.82, 2.24) is 0 Å². The molecule has 4 heteroatoms. The van der Waals surface area contributed by atoms with Crippen molar-refractivity contribution in [2.45, 2.75) is 78.6 Å². The van der Waals surface area contributed by atoms with Crippen molar-refractivity contribution in [2.75, 3.05) is 9.80 Å². The molecule has 3 aliphatic heterocycles. The van der Waals surface area contributed by atoms with E-state index in [1.54, 1.807) is 0 Å². The quantitative estimate of drug-likeness (QED) is 0.159. The third kappa shape index (κ3) is 7.05. The van der Waals surface area contributed by atoms with E-state index in [1.165, 1.54) is 110 Å². The van der Waals surface area contributed by atoms with Crippen molar-refractivity contribution in [2.24, 2.45) is 0 Å². The highest BCUT2D eigenvalue weighted by atomic mass is 28.3. The van der Waals surface area contributed by atoms with Gasteiger partial charge < -0.3 is 9.80 Å². The molecule has 0 atom stereocenters. The lowest BCUT2D eigenvalue weighted by atomic mass is 9.33. The summed E-state index contributed by atoms with van der Waals surface area (Å²) in [5, 5.41) is 8.23. The summed E-state index contributed by atoms with van der Waals surface area (Å²) in [5.74, 6) is 0. The number of nitrogens with zero attached hydrogens (tertiary/aromatic N) is 2. The van der Waals surface area contributed by atoms with Crippen LogP contribution in [0.2, 0.25) is 0 Å². The van der Waals surface area contributed by atoms with Crippen LogP contribution in [-0.2, 0) is 16.2 Å². The smallest absolute Gasteiger partial charge is 0.252 e. The Balaban J connectivity index is 1.19. The molecule has 0 saturated heterocycles. The Labute approximate surface area is 440 Å². The number of anilines is 6. The molecule has 3 aliphatic rings. The van der Waals surface area contributed by atoms with Crippen molar-refractivity contribution in [3.63, 3.8) is 0 Å². The molecule has 0 radical (unpaired) electrons. The van der Waals surface area contributed by atoms with Crippen LogP contribution in [0, 0.1) is 0 Å². The molecule has 0 aromatic heterocycles. The molecule has 74 heavy (non-hydrogen) atoms. The van der Waals surface area contributed by atoms with Crippen LogP contribution >= 0.6 is 0 Å². The zero-order chi connectivity index (χ0) is 50.9. The maximum Gasteiger partial charge on any atom is 0.252 e. The van der Waals surface area contributed by atoms with E-state index in [0.717, 1.165) is 11.4 Å². The van der Waals surface area contributed by atoms with E-state index in [1.807, 2.05) is 0 Å². The summed E-state index contributed by atoms with van der Waals surface area (Å²) >= 11 is 0. The number of fused-ring (bicyclic) bond motifs is 8. The Morgan fingerprint density at radius 3 is 1.43 bits per heavy atom. The van der Waals surface area contributed by atoms with Crippen LogP contribution in [0.3, 0.4) is 0 Å². The van der Waals surface area contributed by atoms with E-state index in [2.05, 4.69) is 291 Å². The highest BCUT2D eigenvalue weighted by Gasteiger charge is 2.52. The molecule has 13 rings (SSSR count). The van der Waals surface area contributed by atoms with Crippen molar-refractivity contribution in [3.8, 4) is 22.3 Å². The van der Waals surface area contributed by atoms with Crippen LogP contribution in [0.5, 0.6) is 0 Å². The molecule has 0 bridgehead atoms. The summed E-state index contributed by atoms with van der Waals surface area (Å²) < 4.78 is 0. The number of rotatable bonds is 5. The molecule has 0 fully saturated rings. The summed E-state index contributed by atoms with van der Waals surface area (Å²) in [6, 6.07) is 84.7. The molecule has 2 nitrogen and oxygen atoms in total. The summed E-state index contributed by atoms with van der Waals surface area (Å²) in [6.07, 6.45) is 0. The minimum atomic E-state index is -2.87. The van der Waals surface area contributed by atoms with Crippen molar-refractivity contribution < 1.29 is 0 Å². The predicted octanol–water partition coefficient (Wildman–Crippen LogP) is 13.8. The predicted molar refractivity (Wildman–Crippen MR) is 322 cm³/mol. The van der Waals surface area contributed by atoms with Crippen LogP contribution in [0.15, 0.2) is 218 Å². The Kier molecular flexibility index (Phi) is 10.4. The molecule has 0 aliphatic carbocycles. The fraction of sp³-hybridized carbons (Fsp3) is 0.171. The van der Waals surface area contributed by atoms with Gasteiger partial charge in [0.2, 0.25) is 0 Å². The third-order valence-electron chi connectivity index (χ3n) is 16.6. The molecule has 360 valence electrons. The lowest BCUT2D eigenvalue weighted by molar-refractivity contribution is 0.590. The first-order valence-electron chi connectivity index (χ1n) is 26.6. The van der Waals surface area contributed by atoms with E-state index in [9.17, 15) is 0 Å². The van der Waals surface area contributed by atoms with Gasteiger partial charge in [0.1, 0.15) is 0 Å². The summed E-state index contributed by atoms with van der Waals surface area (Å²) in [7, 11) is -2.87. The monoisotopic (exact) mass is 970 g/mol. The van der Waals surface area contributed by atoms with E-state index in [0.29, 0.717) is 0 Å². The number of hydrogen-bond donors (Lipinski definition) is 0. The summed E-state index contributed by atoms with van der Waals surface area (Å²) in [4.78, 5) is 5.24. The normalized spacial score (nSPS) is 14.3. The Bertz CT molecular complexity index is 3790. The number of hydrogen-bond acceptors (Lipinski definition) is 2. The van der Waals surface area contributed by atoms with Gasteiger partial charge in [0.05, 0.1) is 0 Å². The highest BCUT2D eigenvalue weighted by molar-refractivity contribution is 7.22. The Morgan fingerprint density at radius 2 is 0.838 bits per heavy atom. The first-order chi connectivity index (χ1) is 35.6. The Hall–Kier alpha value is -7.66. The van der Waals surface area contributed by atoms with Gasteiger partial charge in [-0.25, -0.2) is 0 Å². The van der Waals surface area contributed by atoms with Crippen LogP contribution in [-0.4, -0.2) is 14.8 Å². The second-order valence-electron chi connectivity index (χ2n) is 24.2. The van der Waals surface area contributed by atoms with E-state index >= 15 is 0 Å². The lowest BCUT2D eigenvalue weighted by Gasteiger charge is -2.45. The second kappa shape index (κ2) is 16.7. The first-order valence-corrected chi connectivity index (χ1v) is 28.6. The van der Waals surface area contributed by atoms with Gasteiger partial charge in [0.15, 0.2) is 8.07 Å². The van der Waals surface area contributed by atoms with Crippen LogP contribution in [0.1, 0.15) is 79.0 Å². The van der Waals surface area contributed by atoms with Gasteiger partial charge in [-0.15, -0.1) is 0 Å². The maximum atomic E-state index is 2.71. The average Bonchev–Trinajstić information content (AvgIpc) is 3.70. The van der Waals surface area contributed by atoms with Gasteiger partial charge in [-0.2, -0.15) is 0 Å². The van der Waals surface area contributed by atoms with Gasteiger partial charge in [-0.3, -0.25) is 0 Å². The van der Waals surface area contributed by atoms with Crippen molar-refractivity contribution >= 4 is 96.8 Å². The van der Waals surface area contributed by atoms with E-state index in [-0.39, 0.29) is 23.0 Å². The molecule has 10 aromatic carbocycles. The molecule has 0 N–H and O–H groups in total. The van der Waals surface area contributed by atoms with Crippen LogP contribution in [0.25, 0.3) is 33.0 Å². The Morgan fingerprint density at radius 1 is 0.351 bits per heavy atom. The molecular weight excluding hydrogens is 908 g/mol. The molecule has 3 heterocycles. The third-order valence-corrected chi connectivity index (χ3v) is 21.5. The van der Waals surface area contributed by atoms with Gasteiger partial charge in [0.25, 0.3) is 6.71 Å². The standard InChI is InChI=1S/C70H63BN2Si/c1-68(2,3)48-31-36-51(37-32-48)72-61-40-35-50(70(7,8)9)43-59(61)71-60-45-66-58(57-28-18-19-30-65(57)74(66,53-23-12-10-13-24-53)54-25-14-11-15-26-54)44-62(60)73(52-38-33-49(34-39-52)69(4,5)6)64-42-47(41-63(72)67(64)71)56-29-20-22-46-21-16-17-27-55(46)56/h10-45H,1-9H3. The molecule has 10 aromatic rings. The minimum absolute atomic E-state index is 0.00174. The van der Waals surface area contributed by atoms with Gasteiger partial charge >= 0.3 is 0 Å². The molecule has 0 unspecified atom stereocenters. The molecule has 0 saturated carbocycles. The van der Waals surface area contributed by atoms with Crippen LogP contribution in [0.4, 0.5) is 34.1 Å². The molecule has 0 amide bonds. The maximum absolute atomic E-state index is 2.87. The van der Waals surface area contributed by atoms with Gasteiger partial charge in [-0.05, 0) is 152 Å². The topological polar surface area (TPSA) is 6.48 Å². The zero-order valence-corrected chi connectivity index (χ0v) is 45.3. The molecule has 0 spiro atoms. The summed E-state index contributed by atoms with van der Waals surface area (Å²) in [6.45, 7) is 20.9. The fourth-order valence-electron chi connectivity index (χ4n) is 12.8. The van der Waals surface area contributed by atoms with Crippen molar-refractivity contribution in [3.05, 3.63) is 235 Å². The van der Waals surface area contributed by atoms with E-state index in [4.69, 9.17) is 0 Å². The van der Waals surface area contributed by atoms with Crippen LogP contribution < -0.4 is 46.9 Å². The fourth-order valence-corrected chi connectivity index (χ4v) is 18.0. The largest absolute Gasteiger partial charge is 0.311 e. The van der Waals surface area contributed by atoms with Crippen molar-refractivity contribution in [1.29, 1.82) is 0 Å². The summed E-state index contributed by atoms with van der Waals surface area (Å²) in [5.41, 5.74) is 20.3. The SMILES string of the molecule is CC(C)(C)c1ccc(N2c3ccc(C(C)(C)C)cc3B3c4cc5c(cc4N(c4ccc(C(C)(C)C)cc4)c4cc(-c6cccc7ccccc67)cc2c43)-c2ccccc2[Si]5(c2ccccc2)c2ccccc2)cc1. The second-order valence-corrected chi connectivity index (χ2v) is 27.9. The van der Waals surface area contributed by atoms with Gasteiger partial charge in [0, 0.05) is 34.1 Å². The first kappa shape index (κ1) is 46.2.